The SMILES string of the molecule is CC(C)(C)OC(=O)NCC(N)c1ccc2[nH]ccc2c1. The molecule has 20 heavy (non-hydrogen) atoms. The molecule has 0 bridgehead atoms. The Morgan fingerprint density at radius 1 is 1.40 bits per heavy atom. The molecule has 1 unspecified atom stereocenters. The Bertz CT molecular complexity index is 598. The number of ether oxygens (including phenoxy) is 1. The number of nitrogens with two attached hydrogens (primary N) is 1. The second-order valence-electron chi connectivity index (χ2n) is 5.81. The maximum absolute atomic E-state index is 11.6. The Morgan fingerprint density at radius 2 is 2.15 bits per heavy atom. The molecular weight excluding hydrogens is 254 g/mol. The molecule has 5 nitrogen and oxygen atoms in total. The summed E-state index contributed by atoms with van der Waals surface area (Å²) in [7, 11) is 0. The van der Waals surface area contributed by atoms with Gasteiger partial charge < -0.3 is 20.8 Å². The van der Waals surface area contributed by atoms with Crippen molar-refractivity contribution in [3.8, 4) is 0 Å². The molecule has 0 saturated carbocycles. The summed E-state index contributed by atoms with van der Waals surface area (Å²) in [6.07, 6.45) is 1.44. The van der Waals surface area contributed by atoms with Gasteiger partial charge in [-0.3, -0.25) is 0 Å². The summed E-state index contributed by atoms with van der Waals surface area (Å²) in [5.41, 5.74) is 7.63. The van der Waals surface area contributed by atoms with Gasteiger partial charge in [-0.2, -0.15) is 0 Å². The average Bonchev–Trinajstić information content (AvgIpc) is 2.80. The second-order valence-corrected chi connectivity index (χ2v) is 5.81. The normalized spacial score (nSPS) is 13.2. The first-order chi connectivity index (χ1) is 9.35. The molecule has 0 saturated heterocycles. The highest BCUT2D eigenvalue weighted by Gasteiger charge is 2.17. The van der Waals surface area contributed by atoms with E-state index in [9.17, 15) is 4.79 Å². The van der Waals surface area contributed by atoms with Crippen molar-refractivity contribution >= 4 is 17.0 Å². The van der Waals surface area contributed by atoms with Crippen molar-refractivity contribution in [3.63, 3.8) is 0 Å². The van der Waals surface area contributed by atoms with E-state index in [2.05, 4.69) is 10.3 Å². The highest BCUT2D eigenvalue weighted by molar-refractivity contribution is 5.80. The van der Waals surface area contributed by atoms with Crippen molar-refractivity contribution in [3.05, 3.63) is 36.0 Å². The summed E-state index contributed by atoms with van der Waals surface area (Å²) in [5, 5.41) is 3.79. The minimum Gasteiger partial charge on any atom is -0.444 e. The smallest absolute Gasteiger partial charge is 0.407 e. The van der Waals surface area contributed by atoms with Crippen LogP contribution in [0.25, 0.3) is 10.9 Å². The van der Waals surface area contributed by atoms with Crippen molar-refractivity contribution < 1.29 is 9.53 Å². The molecule has 4 N–H and O–H groups in total. The standard InChI is InChI=1S/C15H21N3O2/c1-15(2,3)20-14(19)18-9-12(16)10-4-5-13-11(8-10)6-7-17-13/h4-8,12,17H,9,16H2,1-3H3,(H,18,19). The largest absolute Gasteiger partial charge is 0.444 e. The molecule has 1 aromatic carbocycles. The maximum atomic E-state index is 11.6. The van der Waals surface area contributed by atoms with Crippen molar-refractivity contribution in [2.75, 3.05) is 6.54 Å². The molecule has 5 heteroatoms. The molecule has 2 aromatic rings. The summed E-state index contributed by atoms with van der Waals surface area (Å²) in [6.45, 7) is 5.82. The van der Waals surface area contributed by atoms with Crippen LogP contribution in [-0.2, 0) is 4.74 Å². The van der Waals surface area contributed by atoms with Gasteiger partial charge in [-0.15, -0.1) is 0 Å². The van der Waals surface area contributed by atoms with Gasteiger partial charge in [0.25, 0.3) is 0 Å². The van der Waals surface area contributed by atoms with Gasteiger partial charge in [0.2, 0.25) is 0 Å². The van der Waals surface area contributed by atoms with E-state index in [-0.39, 0.29) is 6.04 Å². The molecule has 0 fully saturated rings. The predicted octanol–water partition coefficient (Wildman–Crippen LogP) is 2.69. The Kier molecular flexibility index (Phi) is 3.99. The molecule has 0 radical (unpaired) electrons. The number of aromatic amines is 1. The summed E-state index contributed by atoms with van der Waals surface area (Å²) in [5.74, 6) is 0. The number of H-pyrrole nitrogens is 1. The third-order valence-electron chi connectivity index (χ3n) is 2.87. The number of alkyl carbamates (subject to hydrolysis) is 1. The number of fused-ring (bicyclic) bond motifs is 1. The van der Waals surface area contributed by atoms with Crippen molar-refractivity contribution in [2.45, 2.75) is 32.4 Å². The summed E-state index contributed by atoms with van der Waals surface area (Å²) < 4.78 is 5.17. The van der Waals surface area contributed by atoms with E-state index < -0.39 is 11.7 Å². The fraction of sp³-hybridized carbons (Fsp3) is 0.400. The van der Waals surface area contributed by atoms with Crippen LogP contribution in [0.4, 0.5) is 4.79 Å². The Balaban J connectivity index is 1.94. The van der Waals surface area contributed by atoms with Crippen LogP contribution in [0.3, 0.4) is 0 Å². The minimum atomic E-state index is -0.502. The number of amides is 1. The first-order valence-corrected chi connectivity index (χ1v) is 6.64. The molecule has 1 heterocycles. The number of nitrogens with one attached hydrogen (secondary N) is 2. The number of rotatable bonds is 3. The van der Waals surface area contributed by atoms with Gasteiger partial charge in [0, 0.05) is 24.3 Å². The molecule has 0 aliphatic heterocycles. The lowest BCUT2D eigenvalue weighted by Gasteiger charge is -2.21. The quantitative estimate of drug-likeness (QED) is 0.805. The van der Waals surface area contributed by atoms with Crippen LogP contribution in [0.2, 0.25) is 0 Å². The van der Waals surface area contributed by atoms with Crippen molar-refractivity contribution in [2.24, 2.45) is 5.73 Å². The van der Waals surface area contributed by atoms with Crippen LogP contribution in [0, 0.1) is 0 Å². The summed E-state index contributed by atoms with van der Waals surface area (Å²) in [4.78, 5) is 14.7. The molecule has 1 amide bonds. The molecular formula is C15H21N3O2. The van der Waals surface area contributed by atoms with Gasteiger partial charge in [0.05, 0.1) is 0 Å². The van der Waals surface area contributed by atoms with E-state index in [1.54, 1.807) is 0 Å². The van der Waals surface area contributed by atoms with Crippen LogP contribution >= 0.6 is 0 Å². The van der Waals surface area contributed by atoms with E-state index in [0.29, 0.717) is 6.54 Å². The van der Waals surface area contributed by atoms with Gasteiger partial charge in [-0.05, 0) is 49.9 Å². The van der Waals surface area contributed by atoms with Crippen molar-refractivity contribution in [1.29, 1.82) is 0 Å². The number of carbonyl (C=O) groups excluding carboxylic acids is 1. The van der Waals surface area contributed by atoms with Crippen LogP contribution < -0.4 is 11.1 Å². The lowest BCUT2D eigenvalue weighted by molar-refractivity contribution is 0.0524. The Morgan fingerprint density at radius 3 is 2.85 bits per heavy atom. The number of benzene rings is 1. The van der Waals surface area contributed by atoms with Gasteiger partial charge in [0.15, 0.2) is 0 Å². The lowest BCUT2D eigenvalue weighted by atomic mass is 10.1. The summed E-state index contributed by atoms with van der Waals surface area (Å²) in [6, 6.07) is 7.69. The monoisotopic (exact) mass is 275 g/mol. The zero-order valence-corrected chi connectivity index (χ0v) is 12.1. The number of hydrogen-bond acceptors (Lipinski definition) is 3. The Labute approximate surface area is 118 Å². The number of carbonyl (C=O) groups is 1. The first-order valence-electron chi connectivity index (χ1n) is 6.64. The zero-order valence-electron chi connectivity index (χ0n) is 12.1. The Hall–Kier alpha value is -2.01. The van der Waals surface area contributed by atoms with Crippen LogP contribution in [0.1, 0.15) is 32.4 Å². The highest BCUT2D eigenvalue weighted by atomic mass is 16.6. The molecule has 1 aromatic heterocycles. The lowest BCUT2D eigenvalue weighted by Crippen LogP contribution is -2.36. The van der Waals surface area contributed by atoms with Crippen LogP contribution in [-0.4, -0.2) is 23.2 Å². The molecule has 2 rings (SSSR count). The fourth-order valence-electron chi connectivity index (χ4n) is 1.93. The van der Waals surface area contributed by atoms with E-state index >= 15 is 0 Å². The van der Waals surface area contributed by atoms with Gasteiger partial charge >= 0.3 is 6.09 Å². The molecule has 108 valence electrons. The molecule has 1 atom stereocenters. The van der Waals surface area contributed by atoms with E-state index in [1.807, 2.05) is 51.2 Å². The third kappa shape index (κ3) is 3.74. The number of hydrogen-bond donors (Lipinski definition) is 3. The second kappa shape index (κ2) is 5.54. The van der Waals surface area contributed by atoms with E-state index in [1.165, 1.54) is 0 Å². The maximum Gasteiger partial charge on any atom is 0.407 e. The van der Waals surface area contributed by atoms with Gasteiger partial charge in [0.1, 0.15) is 5.60 Å². The van der Waals surface area contributed by atoms with Gasteiger partial charge in [-0.25, -0.2) is 4.79 Å². The minimum absolute atomic E-state index is 0.262. The van der Waals surface area contributed by atoms with Crippen molar-refractivity contribution in [1.82, 2.24) is 10.3 Å². The zero-order chi connectivity index (χ0) is 14.8. The number of aromatic nitrogens is 1. The molecule has 0 spiro atoms. The summed E-state index contributed by atoms with van der Waals surface area (Å²) >= 11 is 0. The predicted molar refractivity (Wildman–Crippen MR) is 79.5 cm³/mol. The van der Waals surface area contributed by atoms with E-state index in [0.717, 1.165) is 16.5 Å². The molecule has 0 aliphatic carbocycles. The topological polar surface area (TPSA) is 80.1 Å². The van der Waals surface area contributed by atoms with Crippen LogP contribution in [0.5, 0.6) is 0 Å². The van der Waals surface area contributed by atoms with Crippen LogP contribution in [0.15, 0.2) is 30.5 Å². The van der Waals surface area contributed by atoms with Gasteiger partial charge in [-0.1, -0.05) is 6.07 Å². The third-order valence-corrected chi connectivity index (χ3v) is 2.87. The molecule has 0 aliphatic rings. The fourth-order valence-corrected chi connectivity index (χ4v) is 1.93. The first kappa shape index (κ1) is 14.4. The van der Waals surface area contributed by atoms with E-state index in [4.69, 9.17) is 10.5 Å². The highest BCUT2D eigenvalue weighted by Crippen LogP contribution is 2.18. The average molecular weight is 275 g/mol.